The molecular weight excluding hydrogens is 182 g/mol. The van der Waals surface area contributed by atoms with Gasteiger partial charge in [0.05, 0.1) is 12.7 Å². The number of aliphatic hydroxyl groups is 1. The van der Waals surface area contributed by atoms with Gasteiger partial charge in [-0.1, -0.05) is 19.1 Å². The Kier molecular flexibility index (Phi) is 5.11. The largest absolute Gasteiger partial charge is 0.395 e. The van der Waals surface area contributed by atoms with Gasteiger partial charge in [-0.25, -0.2) is 0 Å². The first-order valence-corrected chi connectivity index (χ1v) is 4.96. The molecule has 1 aliphatic heterocycles. The van der Waals surface area contributed by atoms with E-state index in [1.54, 1.807) is 7.11 Å². The minimum atomic E-state index is -0.152. The van der Waals surface area contributed by atoms with E-state index in [0.717, 1.165) is 0 Å². The van der Waals surface area contributed by atoms with Gasteiger partial charge in [0, 0.05) is 26.1 Å². The van der Waals surface area contributed by atoms with Gasteiger partial charge in [0.1, 0.15) is 0 Å². The predicted octanol–water partition coefficient (Wildman–Crippen LogP) is 0.132. The van der Waals surface area contributed by atoms with E-state index in [2.05, 4.69) is 18.3 Å². The summed E-state index contributed by atoms with van der Waals surface area (Å²) in [5.74, 6) is 0.300. The van der Waals surface area contributed by atoms with Gasteiger partial charge < -0.3 is 19.9 Å². The average Bonchev–Trinajstić information content (AvgIpc) is 2.21. The summed E-state index contributed by atoms with van der Waals surface area (Å²) in [6.07, 6.45) is 4.02. The van der Waals surface area contributed by atoms with Crippen LogP contribution in [0.2, 0.25) is 0 Å². The van der Waals surface area contributed by atoms with Crippen molar-refractivity contribution in [2.45, 2.75) is 19.3 Å². The Bertz CT molecular complexity index is 184. The molecule has 0 saturated heterocycles. The molecule has 0 amide bonds. The number of aliphatic hydroxyl groups excluding tert-OH is 1. The van der Waals surface area contributed by atoms with Crippen molar-refractivity contribution in [2.75, 3.05) is 26.8 Å². The van der Waals surface area contributed by atoms with Gasteiger partial charge in [0.25, 0.3) is 0 Å². The van der Waals surface area contributed by atoms with Crippen molar-refractivity contribution in [3.05, 3.63) is 12.2 Å². The highest BCUT2D eigenvalue weighted by molar-refractivity contribution is 4.99. The summed E-state index contributed by atoms with van der Waals surface area (Å²) in [6.45, 7) is 3.52. The van der Waals surface area contributed by atoms with Gasteiger partial charge in [0.15, 0.2) is 6.29 Å². The fraction of sp³-hybridized carbons (Fsp3) is 0.800. The highest BCUT2D eigenvalue weighted by atomic mass is 16.7. The molecule has 3 atom stereocenters. The lowest BCUT2D eigenvalue weighted by atomic mass is 10.1. The standard InChI is InChI=1S/C10H19NO3/c1-8-3-4-9(7-11-5-6-12)14-10(8)13-2/h3-4,8-12H,5-7H2,1-2H3/t8?,9-,10-/m0/s1. The van der Waals surface area contributed by atoms with E-state index in [4.69, 9.17) is 14.6 Å². The molecule has 0 bridgehead atoms. The van der Waals surface area contributed by atoms with Gasteiger partial charge in [-0.15, -0.1) is 0 Å². The van der Waals surface area contributed by atoms with E-state index in [1.165, 1.54) is 0 Å². The fourth-order valence-corrected chi connectivity index (χ4v) is 1.44. The molecule has 1 rings (SSSR count). The Morgan fingerprint density at radius 3 is 2.93 bits per heavy atom. The van der Waals surface area contributed by atoms with Crippen LogP contribution in [0.25, 0.3) is 0 Å². The van der Waals surface area contributed by atoms with Crippen LogP contribution in [0.3, 0.4) is 0 Å². The maximum atomic E-state index is 8.59. The highest BCUT2D eigenvalue weighted by Crippen LogP contribution is 2.18. The van der Waals surface area contributed by atoms with Crippen LogP contribution in [0.5, 0.6) is 0 Å². The summed E-state index contributed by atoms with van der Waals surface area (Å²) < 4.78 is 10.8. The molecule has 1 heterocycles. The molecule has 4 nitrogen and oxygen atoms in total. The van der Waals surface area contributed by atoms with Crippen LogP contribution in [0.4, 0.5) is 0 Å². The van der Waals surface area contributed by atoms with Crippen LogP contribution in [0, 0.1) is 5.92 Å². The minimum Gasteiger partial charge on any atom is -0.395 e. The van der Waals surface area contributed by atoms with E-state index in [-0.39, 0.29) is 19.0 Å². The normalized spacial score (nSPS) is 32.1. The predicted molar refractivity (Wildman–Crippen MR) is 53.9 cm³/mol. The maximum Gasteiger partial charge on any atom is 0.163 e. The first kappa shape index (κ1) is 11.7. The highest BCUT2D eigenvalue weighted by Gasteiger charge is 2.23. The lowest BCUT2D eigenvalue weighted by Crippen LogP contribution is -2.38. The second-order valence-electron chi connectivity index (χ2n) is 3.45. The zero-order chi connectivity index (χ0) is 10.4. The van der Waals surface area contributed by atoms with Crippen molar-refractivity contribution in [2.24, 2.45) is 5.92 Å². The molecule has 1 aliphatic rings. The Balaban J connectivity index is 2.30. The topological polar surface area (TPSA) is 50.7 Å². The lowest BCUT2D eigenvalue weighted by Gasteiger charge is -2.29. The third-order valence-corrected chi connectivity index (χ3v) is 2.23. The number of rotatable bonds is 5. The monoisotopic (exact) mass is 201 g/mol. The summed E-state index contributed by atoms with van der Waals surface area (Å²) in [4.78, 5) is 0. The van der Waals surface area contributed by atoms with E-state index >= 15 is 0 Å². The Hall–Kier alpha value is -0.420. The van der Waals surface area contributed by atoms with E-state index in [0.29, 0.717) is 19.0 Å². The zero-order valence-electron chi connectivity index (χ0n) is 8.77. The van der Waals surface area contributed by atoms with Gasteiger partial charge in [-0.2, -0.15) is 0 Å². The van der Waals surface area contributed by atoms with Crippen LogP contribution >= 0.6 is 0 Å². The Morgan fingerprint density at radius 2 is 2.29 bits per heavy atom. The molecule has 0 spiro atoms. The molecule has 14 heavy (non-hydrogen) atoms. The third kappa shape index (κ3) is 3.38. The number of hydrogen-bond donors (Lipinski definition) is 2. The summed E-state index contributed by atoms with van der Waals surface area (Å²) in [5.41, 5.74) is 0. The number of nitrogens with one attached hydrogen (secondary N) is 1. The minimum absolute atomic E-state index is 0.0442. The molecule has 0 radical (unpaired) electrons. The lowest BCUT2D eigenvalue weighted by molar-refractivity contribution is -0.167. The van der Waals surface area contributed by atoms with Crippen LogP contribution in [-0.4, -0.2) is 44.3 Å². The van der Waals surface area contributed by atoms with Crippen LogP contribution in [0.1, 0.15) is 6.92 Å². The summed E-state index contributed by atoms with van der Waals surface area (Å²) >= 11 is 0. The van der Waals surface area contributed by atoms with Crippen molar-refractivity contribution in [1.29, 1.82) is 0 Å². The van der Waals surface area contributed by atoms with E-state index in [1.807, 2.05) is 6.08 Å². The van der Waals surface area contributed by atoms with Crippen LogP contribution < -0.4 is 5.32 Å². The molecule has 0 aromatic rings. The number of hydrogen-bond acceptors (Lipinski definition) is 4. The summed E-state index contributed by atoms with van der Waals surface area (Å²) in [6, 6.07) is 0. The van der Waals surface area contributed by atoms with Crippen molar-refractivity contribution < 1.29 is 14.6 Å². The SMILES string of the molecule is CO[C@H]1O[C@H](CNCCO)C=CC1C. The van der Waals surface area contributed by atoms with Crippen molar-refractivity contribution in [1.82, 2.24) is 5.32 Å². The molecule has 0 aliphatic carbocycles. The molecule has 0 saturated carbocycles. The zero-order valence-corrected chi connectivity index (χ0v) is 8.77. The van der Waals surface area contributed by atoms with Crippen molar-refractivity contribution >= 4 is 0 Å². The molecule has 82 valence electrons. The van der Waals surface area contributed by atoms with Gasteiger partial charge in [0.2, 0.25) is 0 Å². The second-order valence-corrected chi connectivity index (χ2v) is 3.45. The molecule has 4 heteroatoms. The smallest absolute Gasteiger partial charge is 0.163 e. The second kappa shape index (κ2) is 6.14. The van der Waals surface area contributed by atoms with Crippen molar-refractivity contribution in [3.8, 4) is 0 Å². The quantitative estimate of drug-likeness (QED) is 0.490. The molecule has 1 unspecified atom stereocenters. The van der Waals surface area contributed by atoms with Crippen LogP contribution in [-0.2, 0) is 9.47 Å². The number of ether oxygens (including phenoxy) is 2. The van der Waals surface area contributed by atoms with E-state index < -0.39 is 0 Å². The van der Waals surface area contributed by atoms with Gasteiger partial charge in [-0.3, -0.25) is 0 Å². The first-order valence-electron chi connectivity index (χ1n) is 4.96. The van der Waals surface area contributed by atoms with E-state index in [9.17, 15) is 0 Å². The fourth-order valence-electron chi connectivity index (χ4n) is 1.44. The third-order valence-electron chi connectivity index (χ3n) is 2.23. The molecule has 0 fully saturated rings. The molecule has 0 aromatic heterocycles. The molecular formula is C10H19NO3. The summed E-state index contributed by atoms with van der Waals surface area (Å²) in [5, 5.41) is 11.7. The average molecular weight is 201 g/mol. The number of methoxy groups -OCH3 is 1. The summed E-state index contributed by atoms with van der Waals surface area (Å²) in [7, 11) is 1.65. The van der Waals surface area contributed by atoms with Gasteiger partial charge >= 0.3 is 0 Å². The molecule has 2 N–H and O–H groups in total. The maximum absolute atomic E-state index is 8.59. The van der Waals surface area contributed by atoms with Gasteiger partial charge in [-0.05, 0) is 0 Å². The Morgan fingerprint density at radius 1 is 1.50 bits per heavy atom. The van der Waals surface area contributed by atoms with Crippen molar-refractivity contribution in [3.63, 3.8) is 0 Å². The first-order chi connectivity index (χ1) is 6.77. The molecule has 0 aromatic carbocycles. The Labute approximate surface area is 84.9 Å². The van der Waals surface area contributed by atoms with Crippen LogP contribution in [0.15, 0.2) is 12.2 Å².